The lowest BCUT2D eigenvalue weighted by Gasteiger charge is -2.37. The molecule has 10 heteroatoms. The van der Waals surface area contributed by atoms with E-state index in [-0.39, 0.29) is 17.8 Å². The number of hydrazone groups is 1. The van der Waals surface area contributed by atoms with Gasteiger partial charge < -0.3 is 20.0 Å². The van der Waals surface area contributed by atoms with Crippen molar-refractivity contribution >= 4 is 40.9 Å². The Bertz CT molecular complexity index is 1130. The summed E-state index contributed by atoms with van der Waals surface area (Å²) in [5.41, 5.74) is 7.04. The SMILES string of the molecule is CC(=O)NCC1CC(c2ccc(N3CCN(C(=S)N/N=C\c4ccc(C)cc4)CC3)c(F)c2)=NO1. The number of oxime groups is 1. The molecule has 184 valence electrons. The second kappa shape index (κ2) is 11.3. The maximum atomic E-state index is 15.0. The Balaban J connectivity index is 1.27. The predicted octanol–water partition coefficient (Wildman–Crippen LogP) is 2.79. The van der Waals surface area contributed by atoms with Crippen LogP contribution in [0.1, 0.15) is 30.0 Å². The third-order valence-electron chi connectivity index (χ3n) is 5.95. The van der Waals surface area contributed by atoms with E-state index in [4.69, 9.17) is 17.1 Å². The summed E-state index contributed by atoms with van der Waals surface area (Å²) in [6.07, 6.45) is 2.03. The van der Waals surface area contributed by atoms with E-state index in [9.17, 15) is 9.18 Å². The standard InChI is InChI=1S/C25H29FN6O2S/c1-17-3-5-19(6-4-17)15-28-29-25(35)32-11-9-31(10-12-32)24-8-7-20(13-22(24)26)23-14-21(34-30-23)16-27-18(2)33/h3-8,13,15,21H,9-12,14,16H2,1-2H3,(H,27,33)(H,29,35)/b28-15-. The maximum Gasteiger partial charge on any atom is 0.217 e. The molecule has 2 aromatic carbocycles. The Kier molecular flexibility index (Phi) is 7.91. The highest BCUT2D eigenvalue weighted by atomic mass is 32.1. The lowest BCUT2D eigenvalue weighted by Crippen LogP contribution is -2.51. The summed E-state index contributed by atoms with van der Waals surface area (Å²) < 4.78 is 15.0. The first-order chi connectivity index (χ1) is 16.9. The molecular formula is C25H29FN6O2S. The number of aryl methyl sites for hydroxylation is 1. The zero-order valence-corrected chi connectivity index (χ0v) is 20.6. The molecule has 0 aliphatic carbocycles. The van der Waals surface area contributed by atoms with Gasteiger partial charge in [0.05, 0.1) is 24.2 Å². The van der Waals surface area contributed by atoms with Crippen molar-refractivity contribution in [3.63, 3.8) is 0 Å². The first-order valence-corrected chi connectivity index (χ1v) is 12.0. The van der Waals surface area contributed by atoms with Crippen LogP contribution < -0.4 is 15.6 Å². The van der Waals surface area contributed by atoms with Crippen LogP contribution in [0.3, 0.4) is 0 Å². The average molecular weight is 497 g/mol. The van der Waals surface area contributed by atoms with Crippen molar-refractivity contribution in [2.75, 3.05) is 37.6 Å². The van der Waals surface area contributed by atoms with Gasteiger partial charge in [0.1, 0.15) is 11.9 Å². The largest absolute Gasteiger partial charge is 0.390 e. The first kappa shape index (κ1) is 24.6. The Morgan fingerprint density at radius 1 is 1.23 bits per heavy atom. The first-order valence-electron chi connectivity index (χ1n) is 11.6. The second-order valence-electron chi connectivity index (χ2n) is 8.63. The quantitative estimate of drug-likeness (QED) is 0.364. The Morgan fingerprint density at radius 3 is 2.66 bits per heavy atom. The van der Waals surface area contributed by atoms with Gasteiger partial charge in [-0.1, -0.05) is 41.1 Å². The average Bonchev–Trinajstić information content (AvgIpc) is 3.33. The predicted molar refractivity (Wildman–Crippen MR) is 139 cm³/mol. The van der Waals surface area contributed by atoms with Crippen molar-refractivity contribution in [2.24, 2.45) is 10.3 Å². The molecule has 2 N–H and O–H groups in total. The lowest BCUT2D eigenvalue weighted by atomic mass is 10.0. The molecule has 0 aromatic heterocycles. The number of benzene rings is 2. The number of carbonyl (C=O) groups excluding carboxylic acids is 1. The molecule has 4 rings (SSSR count). The summed E-state index contributed by atoms with van der Waals surface area (Å²) in [5.74, 6) is -0.420. The molecule has 0 saturated carbocycles. The number of carbonyl (C=O) groups is 1. The summed E-state index contributed by atoms with van der Waals surface area (Å²) in [4.78, 5) is 20.5. The molecule has 2 heterocycles. The maximum absolute atomic E-state index is 15.0. The molecule has 1 unspecified atom stereocenters. The number of nitrogens with one attached hydrogen (secondary N) is 2. The van der Waals surface area contributed by atoms with Crippen molar-refractivity contribution in [3.8, 4) is 0 Å². The number of hydrogen-bond donors (Lipinski definition) is 2. The molecule has 2 aliphatic heterocycles. The van der Waals surface area contributed by atoms with Crippen molar-refractivity contribution in [3.05, 3.63) is 65.0 Å². The van der Waals surface area contributed by atoms with Crippen molar-refractivity contribution in [1.82, 2.24) is 15.6 Å². The number of halogens is 1. The van der Waals surface area contributed by atoms with Crippen LogP contribution in [0.4, 0.5) is 10.1 Å². The van der Waals surface area contributed by atoms with E-state index in [1.54, 1.807) is 12.3 Å². The van der Waals surface area contributed by atoms with Gasteiger partial charge in [-0.25, -0.2) is 4.39 Å². The molecule has 0 spiro atoms. The summed E-state index contributed by atoms with van der Waals surface area (Å²) in [6.45, 7) is 6.48. The number of thiocarbonyl (C=S) groups is 1. The van der Waals surface area contributed by atoms with Crippen molar-refractivity contribution in [2.45, 2.75) is 26.4 Å². The van der Waals surface area contributed by atoms with E-state index in [0.717, 1.165) is 5.56 Å². The van der Waals surface area contributed by atoms with Crippen molar-refractivity contribution in [1.29, 1.82) is 0 Å². The monoisotopic (exact) mass is 496 g/mol. The van der Waals surface area contributed by atoms with Crippen LogP contribution in [0.15, 0.2) is 52.7 Å². The minimum atomic E-state index is -0.299. The molecule has 1 fully saturated rings. The molecule has 1 saturated heterocycles. The van der Waals surface area contributed by atoms with E-state index in [1.807, 2.05) is 47.1 Å². The van der Waals surface area contributed by atoms with Crippen LogP contribution in [0.5, 0.6) is 0 Å². The van der Waals surface area contributed by atoms with Gasteiger partial charge in [0.15, 0.2) is 5.11 Å². The van der Waals surface area contributed by atoms with Gasteiger partial charge in [-0.15, -0.1) is 0 Å². The van der Waals surface area contributed by atoms with E-state index in [0.29, 0.717) is 61.2 Å². The fourth-order valence-corrected chi connectivity index (χ4v) is 4.18. The minimum Gasteiger partial charge on any atom is -0.390 e. The number of nitrogens with zero attached hydrogens (tertiary/aromatic N) is 4. The fourth-order valence-electron chi connectivity index (χ4n) is 3.94. The van der Waals surface area contributed by atoms with Crippen molar-refractivity contribution < 1.29 is 14.0 Å². The van der Waals surface area contributed by atoms with E-state index in [1.165, 1.54) is 18.6 Å². The molecule has 2 aromatic rings. The van der Waals surface area contributed by atoms with Gasteiger partial charge in [-0.2, -0.15) is 5.10 Å². The van der Waals surface area contributed by atoms with Gasteiger partial charge in [0, 0.05) is 45.1 Å². The molecular weight excluding hydrogens is 467 g/mol. The van der Waals surface area contributed by atoms with Gasteiger partial charge >= 0.3 is 0 Å². The van der Waals surface area contributed by atoms with E-state index >= 15 is 0 Å². The molecule has 35 heavy (non-hydrogen) atoms. The van der Waals surface area contributed by atoms with Crippen LogP contribution in [0, 0.1) is 12.7 Å². The Morgan fingerprint density at radius 2 is 1.97 bits per heavy atom. The lowest BCUT2D eigenvalue weighted by molar-refractivity contribution is -0.119. The summed E-state index contributed by atoms with van der Waals surface area (Å²) >= 11 is 5.47. The summed E-state index contributed by atoms with van der Waals surface area (Å²) in [5, 5.41) is 11.6. The normalized spacial score (nSPS) is 17.8. The highest BCUT2D eigenvalue weighted by molar-refractivity contribution is 7.80. The molecule has 1 atom stereocenters. The van der Waals surface area contributed by atoms with Crippen LogP contribution in [-0.4, -0.2) is 66.7 Å². The molecule has 8 nitrogen and oxygen atoms in total. The molecule has 1 amide bonds. The minimum absolute atomic E-state index is 0.121. The molecule has 0 bridgehead atoms. The Hall–Kier alpha value is -3.53. The molecule has 0 radical (unpaired) electrons. The number of amides is 1. The molecule has 2 aliphatic rings. The number of rotatable bonds is 6. The number of hydrogen-bond acceptors (Lipinski definition) is 6. The van der Waals surface area contributed by atoms with Crippen LogP contribution in [0.2, 0.25) is 0 Å². The fraction of sp³-hybridized carbons (Fsp3) is 0.360. The smallest absolute Gasteiger partial charge is 0.217 e. The van der Waals surface area contributed by atoms with Crippen LogP contribution in [-0.2, 0) is 9.63 Å². The van der Waals surface area contributed by atoms with Crippen LogP contribution >= 0.6 is 12.2 Å². The Labute approximate surface area is 209 Å². The number of anilines is 1. The van der Waals surface area contributed by atoms with Gasteiger partial charge in [0.2, 0.25) is 5.91 Å². The highest BCUT2D eigenvalue weighted by Gasteiger charge is 2.25. The summed E-state index contributed by atoms with van der Waals surface area (Å²) in [6, 6.07) is 13.2. The van der Waals surface area contributed by atoms with E-state index in [2.05, 4.69) is 21.0 Å². The second-order valence-corrected chi connectivity index (χ2v) is 9.02. The topological polar surface area (TPSA) is 81.6 Å². The summed E-state index contributed by atoms with van der Waals surface area (Å²) in [7, 11) is 0. The third-order valence-corrected chi connectivity index (χ3v) is 6.30. The van der Waals surface area contributed by atoms with Gasteiger partial charge in [0.25, 0.3) is 0 Å². The van der Waals surface area contributed by atoms with E-state index < -0.39 is 0 Å². The number of piperazine rings is 1. The van der Waals surface area contributed by atoms with Gasteiger partial charge in [-0.3, -0.25) is 10.2 Å². The van der Waals surface area contributed by atoms with Crippen LogP contribution in [0.25, 0.3) is 0 Å². The van der Waals surface area contributed by atoms with Gasteiger partial charge in [-0.05, 0) is 36.8 Å². The zero-order valence-electron chi connectivity index (χ0n) is 19.8. The zero-order chi connectivity index (χ0) is 24.8. The third kappa shape index (κ3) is 6.54. The highest BCUT2D eigenvalue weighted by Crippen LogP contribution is 2.25.